The molecule has 0 atom stereocenters. The van der Waals surface area contributed by atoms with Crippen LogP contribution in [0.4, 0.5) is 21.9 Å². The van der Waals surface area contributed by atoms with Crippen molar-refractivity contribution in [3.63, 3.8) is 0 Å². The van der Waals surface area contributed by atoms with Crippen molar-refractivity contribution in [2.45, 2.75) is 33.6 Å². The number of nitrogens with zero attached hydrogens (tertiary/aromatic N) is 1. The zero-order valence-corrected chi connectivity index (χ0v) is 15.0. The van der Waals surface area contributed by atoms with Crippen LogP contribution in [0.25, 0.3) is 0 Å². The molecule has 0 unspecified atom stereocenters. The van der Waals surface area contributed by atoms with Crippen LogP contribution >= 0.6 is 0 Å². The van der Waals surface area contributed by atoms with E-state index in [0.717, 1.165) is 30.2 Å². The molecule has 0 saturated heterocycles. The summed E-state index contributed by atoms with van der Waals surface area (Å²) < 4.78 is 0. The molecule has 4 nitrogen and oxygen atoms in total. The van der Waals surface area contributed by atoms with E-state index >= 15 is 0 Å². The van der Waals surface area contributed by atoms with Crippen molar-refractivity contribution in [1.29, 1.82) is 0 Å². The van der Waals surface area contributed by atoms with Gasteiger partial charge in [0.1, 0.15) is 0 Å². The van der Waals surface area contributed by atoms with E-state index in [9.17, 15) is 4.79 Å². The van der Waals surface area contributed by atoms with E-state index in [4.69, 9.17) is 0 Å². The first kappa shape index (κ1) is 17.9. The second-order valence-corrected chi connectivity index (χ2v) is 6.07. The molecule has 0 radical (unpaired) electrons. The van der Waals surface area contributed by atoms with Crippen molar-refractivity contribution < 1.29 is 4.79 Å². The highest BCUT2D eigenvalue weighted by Crippen LogP contribution is 2.19. The number of carbonyl (C=O) groups is 1. The fourth-order valence-electron chi connectivity index (χ4n) is 2.59. The molecule has 0 aliphatic rings. The monoisotopic (exact) mass is 325 g/mol. The van der Waals surface area contributed by atoms with Crippen molar-refractivity contribution >= 4 is 23.1 Å². The summed E-state index contributed by atoms with van der Waals surface area (Å²) in [7, 11) is 0. The molecule has 0 saturated carbocycles. The number of hydrogen-bond donors (Lipinski definition) is 2. The van der Waals surface area contributed by atoms with Crippen molar-refractivity contribution in [3.05, 3.63) is 54.1 Å². The van der Waals surface area contributed by atoms with Gasteiger partial charge in [-0.05, 0) is 61.7 Å². The lowest BCUT2D eigenvalue weighted by molar-refractivity contribution is 0.262. The van der Waals surface area contributed by atoms with Crippen LogP contribution in [-0.4, -0.2) is 19.1 Å². The second kappa shape index (κ2) is 8.39. The van der Waals surface area contributed by atoms with Crippen molar-refractivity contribution in [1.82, 2.24) is 0 Å². The lowest BCUT2D eigenvalue weighted by Gasteiger charge is -2.21. The molecule has 2 amide bonds. The van der Waals surface area contributed by atoms with Gasteiger partial charge in [-0.3, -0.25) is 0 Å². The molecule has 0 heterocycles. The Morgan fingerprint density at radius 3 is 1.75 bits per heavy atom. The molecule has 0 aliphatic carbocycles. The molecule has 0 bridgehead atoms. The number of rotatable bonds is 6. The fourth-order valence-corrected chi connectivity index (χ4v) is 2.59. The molecule has 0 fully saturated rings. The predicted molar refractivity (Wildman–Crippen MR) is 103 cm³/mol. The third kappa shape index (κ3) is 4.75. The van der Waals surface area contributed by atoms with E-state index in [2.05, 4.69) is 43.2 Å². The first-order chi connectivity index (χ1) is 11.5. The number of nitrogens with one attached hydrogen (secondary N) is 2. The number of carbonyl (C=O) groups excluding carboxylic acids is 1. The molecule has 2 N–H and O–H groups in total. The highest BCUT2D eigenvalue weighted by molar-refractivity contribution is 5.99. The topological polar surface area (TPSA) is 44.4 Å². The zero-order valence-electron chi connectivity index (χ0n) is 15.0. The largest absolute Gasteiger partial charge is 0.372 e. The van der Waals surface area contributed by atoms with E-state index in [1.165, 1.54) is 5.56 Å². The van der Waals surface area contributed by atoms with Gasteiger partial charge in [0, 0.05) is 30.2 Å². The van der Waals surface area contributed by atoms with Gasteiger partial charge >= 0.3 is 6.03 Å². The Hall–Kier alpha value is -2.49. The first-order valence-corrected chi connectivity index (χ1v) is 8.56. The summed E-state index contributed by atoms with van der Waals surface area (Å²) in [5.74, 6) is 0.484. The van der Waals surface area contributed by atoms with Crippen LogP contribution in [0.2, 0.25) is 0 Å². The van der Waals surface area contributed by atoms with Gasteiger partial charge in [-0.15, -0.1) is 0 Å². The highest BCUT2D eigenvalue weighted by Gasteiger charge is 2.05. The molecule has 0 aliphatic heterocycles. The van der Waals surface area contributed by atoms with E-state index < -0.39 is 0 Å². The van der Waals surface area contributed by atoms with Gasteiger partial charge in [0.15, 0.2) is 0 Å². The molecule has 4 heteroatoms. The number of hydrogen-bond acceptors (Lipinski definition) is 2. The molecule has 2 aromatic carbocycles. The zero-order chi connectivity index (χ0) is 17.5. The van der Waals surface area contributed by atoms with Crippen LogP contribution in [0, 0.1) is 0 Å². The molecular formula is C20H27N3O. The highest BCUT2D eigenvalue weighted by atomic mass is 16.2. The third-order valence-corrected chi connectivity index (χ3v) is 4.09. The van der Waals surface area contributed by atoms with Crippen LogP contribution in [-0.2, 0) is 0 Å². The number of benzene rings is 2. The Morgan fingerprint density at radius 2 is 1.33 bits per heavy atom. The molecule has 24 heavy (non-hydrogen) atoms. The summed E-state index contributed by atoms with van der Waals surface area (Å²) in [6.45, 7) is 10.5. The van der Waals surface area contributed by atoms with E-state index in [-0.39, 0.29) is 6.03 Å². The number of urea groups is 1. The average molecular weight is 325 g/mol. The van der Waals surface area contributed by atoms with Crippen LogP contribution < -0.4 is 15.5 Å². The molecule has 0 spiro atoms. The van der Waals surface area contributed by atoms with Crippen LogP contribution in [0.15, 0.2) is 48.5 Å². The van der Waals surface area contributed by atoms with Gasteiger partial charge in [0.25, 0.3) is 0 Å². The molecule has 2 aromatic rings. The minimum Gasteiger partial charge on any atom is -0.372 e. The summed E-state index contributed by atoms with van der Waals surface area (Å²) in [4.78, 5) is 14.4. The second-order valence-electron chi connectivity index (χ2n) is 6.07. The smallest absolute Gasteiger partial charge is 0.323 e. The summed E-state index contributed by atoms with van der Waals surface area (Å²) in [5.41, 5.74) is 3.99. The number of amides is 2. The Bertz CT molecular complexity index is 644. The van der Waals surface area contributed by atoms with Crippen molar-refractivity contribution in [3.8, 4) is 0 Å². The van der Waals surface area contributed by atoms with Crippen LogP contribution in [0.5, 0.6) is 0 Å². The maximum atomic E-state index is 12.1. The standard InChI is InChI=1S/C20H27N3O/c1-5-23(6-2)19-13-11-18(12-14-19)22-20(24)21-17-9-7-16(8-10-17)15(3)4/h7-15H,5-6H2,1-4H3,(H2,21,22,24). The van der Waals surface area contributed by atoms with Crippen molar-refractivity contribution in [2.75, 3.05) is 28.6 Å². The van der Waals surface area contributed by atoms with Crippen LogP contribution in [0.3, 0.4) is 0 Å². The first-order valence-electron chi connectivity index (χ1n) is 8.56. The minimum atomic E-state index is -0.233. The summed E-state index contributed by atoms with van der Waals surface area (Å²) >= 11 is 0. The third-order valence-electron chi connectivity index (χ3n) is 4.09. The van der Waals surface area contributed by atoms with Crippen molar-refractivity contribution in [2.24, 2.45) is 0 Å². The maximum absolute atomic E-state index is 12.1. The number of anilines is 3. The normalized spacial score (nSPS) is 10.5. The summed E-state index contributed by atoms with van der Waals surface area (Å²) in [5, 5.41) is 5.72. The Morgan fingerprint density at radius 1 is 0.875 bits per heavy atom. The molecular weight excluding hydrogens is 298 g/mol. The lowest BCUT2D eigenvalue weighted by atomic mass is 10.0. The van der Waals surface area contributed by atoms with E-state index in [1.807, 2.05) is 48.5 Å². The van der Waals surface area contributed by atoms with Gasteiger partial charge in [0.2, 0.25) is 0 Å². The molecule has 0 aromatic heterocycles. The average Bonchev–Trinajstić information content (AvgIpc) is 2.58. The maximum Gasteiger partial charge on any atom is 0.323 e. The van der Waals surface area contributed by atoms with Gasteiger partial charge in [-0.25, -0.2) is 4.79 Å². The minimum absolute atomic E-state index is 0.233. The Kier molecular flexibility index (Phi) is 6.24. The van der Waals surface area contributed by atoms with Crippen LogP contribution in [0.1, 0.15) is 39.2 Å². The van der Waals surface area contributed by atoms with Gasteiger partial charge in [-0.1, -0.05) is 26.0 Å². The van der Waals surface area contributed by atoms with E-state index in [1.54, 1.807) is 0 Å². The van der Waals surface area contributed by atoms with Gasteiger partial charge in [-0.2, -0.15) is 0 Å². The predicted octanol–water partition coefficient (Wildman–Crippen LogP) is 5.30. The quantitative estimate of drug-likeness (QED) is 0.757. The Balaban J connectivity index is 1.94. The molecule has 2 rings (SSSR count). The lowest BCUT2D eigenvalue weighted by Crippen LogP contribution is -2.22. The SMILES string of the molecule is CCN(CC)c1ccc(NC(=O)Nc2ccc(C(C)C)cc2)cc1. The summed E-state index contributed by atoms with van der Waals surface area (Å²) in [6.07, 6.45) is 0. The van der Waals surface area contributed by atoms with Gasteiger partial charge < -0.3 is 15.5 Å². The summed E-state index contributed by atoms with van der Waals surface area (Å²) in [6, 6.07) is 15.6. The molecule has 128 valence electrons. The van der Waals surface area contributed by atoms with Gasteiger partial charge in [0.05, 0.1) is 0 Å². The Labute approximate surface area is 144 Å². The fraction of sp³-hybridized carbons (Fsp3) is 0.350. The van der Waals surface area contributed by atoms with E-state index in [0.29, 0.717) is 5.92 Å².